The number of hydrogen-bond acceptors (Lipinski definition) is 5. The molecule has 1 aliphatic carbocycles. The number of fused-ring (bicyclic) bond motifs is 3. The van der Waals surface area contributed by atoms with Crippen molar-refractivity contribution in [2.24, 2.45) is 5.92 Å². The first-order chi connectivity index (χ1) is 14.5. The topological polar surface area (TPSA) is 64.0 Å². The van der Waals surface area contributed by atoms with E-state index >= 15 is 0 Å². The fourth-order valence-corrected chi connectivity index (χ4v) is 6.33. The lowest BCUT2D eigenvalue weighted by atomic mass is 9.89. The Kier molecular flexibility index (Phi) is 6.29. The van der Waals surface area contributed by atoms with Crippen LogP contribution in [0.4, 0.5) is 0 Å². The molecule has 0 bridgehead atoms. The molecule has 5 nitrogen and oxygen atoms in total. The van der Waals surface area contributed by atoms with Crippen molar-refractivity contribution in [3.8, 4) is 0 Å². The summed E-state index contributed by atoms with van der Waals surface area (Å²) >= 11 is 2.99. The van der Waals surface area contributed by atoms with Crippen LogP contribution in [0.3, 0.4) is 0 Å². The van der Waals surface area contributed by atoms with Crippen LogP contribution >= 0.6 is 23.1 Å². The molecule has 7 heteroatoms. The predicted molar refractivity (Wildman–Crippen MR) is 124 cm³/mol. The first kappa shape index (κ1) is 21.1. The lowest BCUT2D eigenvalue weighted by Gasteiger charge is -2.17. The lowest BCUT2D eigenvalue weighted by Crippen LogP contribution is -2.29. The highest BCUT2D eigenvalue weighted by molar-refractivity contribution is 7.99. The van der Waals surface area contributed by atoms with E-state index in [4.69, 9.17) is 4.98 Å². The maximum Gasteiger partial charge on any atom is 0.263 e. The molecule has 4 rings (SSSR count). The van der Waals surface area contributed by atoms with Crippen molar-refractivity contribution in [3.63, 3.8) is 0 Å². The number of amides is 1. The van der Waals surface area contributed by atoms with Gasteiger partial charge in [-0.25, -0.2) is 4.98 Å². The first-order valence-corrected chi connectivity index (χ1v) is 12.3. The zero-order valence-corrected chi connectivity index (χ0v) is 19.2. The van der Waals surface area contributed by atoms with E-state index < -0.39 is 0 Å². The number of nitrogens with zero attached hydrogens (tertiary/aromatic N) is 2. The van der Waals surface area contributed by atoms with Gasteiger partial charge in [0, 0.05) is 11.4 Å². The standard InChI is InChI=1S/C23H27N3O2S2/c1-4-26-22(28)20-17-11-10-14(2)12-18(17)30-21(20)25-23(26)29-13-19(27)24-15(3)16-8-6-5-7-9-16/h5-9,14-15H,4,10-13H2,1-3H3,(H,24,27). The van der Waals surface area contributed by atoms with Gasteiger partial charge in [0.2, 0.25) is 5.91 Å². The Hall–Kier alpha value is -2.12. The van der Waals surface area contributed by atoms with Gasteiger partial charge in [-0.15, -0.1) is 11.3 Å². The minimum Gasteiger partial charge on any atom is -0.349 e. The van der Waals surface area contributed by atoms with Crippen LogP contribution in [0.2, 0.25) is 0 Å². The molecular weight excluding hydrogens is 414 g/mol. The Balaban J connectivity index is 1.54. The summed E-state index contributed by atoms with van der Waals surface area (Å²) in [6, 6.07) is 9.83. The number of benzene rings is 1. The summed E-state index contributed by atoms with van der Waals surface area (Å²) in [6.07, 6.45) is 3.12. The number of carbonyl (C=O) groups excluding carboxylic acids is 1. The number of thioether (sulfide) groups is 1. The summed E-state index contributed by atoms with van der Waals surface area (Å²) in [5.41, 5.74) is 2.31. The molecule has 30 heavy (non-hydrogen) atoms. The van der Waals surface area contributed by atoms with Crippen LogP contribution in [-0.4, -0.2) is 21.2 Å². The van der Waals surface area contributed by atoms with Gasteiger partial charge in [0.1, 0.15) is 4.83 Å². The van der Waals surface area contributed by atoms with Gasteiger partial charge in [0.05, 0.1) is 17.2 Å². The molecule has 2 atom stereocenters. The minimum absolute atomic E-state index is 0.0371. The molecule has 2 unspecified atom stereocenters. The van der Waals surface area contributed by atoms with E-state index in [1.807, 2.05) is 44.2 Å². The highest BCUT2D eigenvalue weighted by Gasteiger charge is 2.24. The van der Waals surface area contributed by atoms with Crippen LogP contribution in [0.5, 0.6) is 0 Å². The van der Waals surface area contributed by atoms with Crippen LogP contribution in [0, 0.1) is 5.92 Å². The Morgan fingerprint density at radius 1 is 1.37 bits per heavy atom. The second kappa shape index (κ2) is 8.94. The van der Waals surface area contributed by atoms with Crippen molar-refractivity contribution in [1.82, 2.24) is 14.9 Å². The fourth-order valence-electron chi connectivity index (χ4n) is 4.03. The Bertz CT molecular complexity index is 1120. The van der Waals surface area contributed by atoms with E-state index in [2.05, 4.69) is 12.2 Å². The van der Waals surface area contributed by atoms with Crippen molar-refractivity contribution in [2.75, 3.05) is 5.75 Å². The van der Waals surface area contributed by atoms with Crippen molar-refractivity contribution >= 4 is 39.2 Å². The third-order valence-electron chi connectivity index (χ3n) is 5.71. The molecule has 2 heterocycles. The number of carbonyl (C=O) groups is 1. The van der Waals surface area contributed by atoms with Crippen molar-refractivity contribution < 1.29 is 4.79 Å². The van der Waals surface area contributed by atoms with E-state index in [0.717, 1.165) is 35.0 Å². The molecule has 0 aliphatic heterocycles. The molecule has 0 saturated carbocycles. The zero-order valence-electron chi connectivity index (χ0n) is 17.6. The summed E-state index contributed by atoms with van der Waals surface area (Å²) in [6.45, 7) is 6.74. The van der Waals surface area contributed by atoms with Gasteiger partial charge < -0.3 is 5.32 Å². The van der Waals surface area contributed by atoms with Gasteiger partial charge in [-0.1, -0.05) is 49.0 Å². The van der Waals surface area contributed by atoms with E-state index in [0.29, 0.717) is 17.6 Å². The Morgan fingerprint density at radius 2 is 2.13 bits per heavy atom. The van der Waals surface area contributed by atoms with E-state index in [1.165, 1.54) is 22.2 Å². The number of thiophene rings is 1. The Labute approximate surface area is 184 Å². The molecule has 1 aromatic carbocycles. The molecule has 1 N–H and O–H groups in total. The molecule has 1 aliphatic rings. The maximum absolute atomic E-state index is 13.2. The average molecular weight is 442 g/mol. The SMILES string of the molecule is CCn1c(SCC(=O)NC(C)c2ccccc2)nc2sc3c(c2c1=O)CCC(C)C3. The molecule has 0 saturated heterocycles. The van der Waals surface area contributed by atoms with Gasteiger partial charge in [0.15, 0.2) is 5.16 Å². The zero-order chi connectivity index (χ0) is 21.3. The highest BCUT2D eigenvalue weighted by Crippen LogP contribution is 2.36. The number of aryl methyl sites for hydroxylation is 1. The molecule has 158 valence electrons. The van der Waals surface area contributed by atoms with Crippen LogP contribution in [0.25, 0.3) is 10.2 Å². The minimum atomic E-state index is -0.0624. The second-order valence-corrected chi connectivity index (χ2v) is 9.99. The highest BCUT2D eigenvalue weighted by atomic mass is 32.2. The number of rotatable bonds is 6. The molecule has 2 aromatic heterocycles. The van der Waals surface area contributed by atoms with E-state index in [-0.39, 0.29) is 23.3 Å². The number of aromatic nitrogens is 2. The van der Waals surface area contributed by atoms with Crippen LogP contribution in [-0.2, 0) is 24.2 Å². The molecule has 0 spiro atoms. The van der Waals surface area contributed by atoms with Gasteiger partial charge in [-0.3, -0.25) is 14.2 Å². The summed E-state index contributed by atoms with van der Waals surface area (Å²) in [5, 5.41) is 4.46. The summed E-state index contributed by atoms with van der Waals surface area (Å²) in [7, 11) is 0. The van der Waals surface area contributed by atoms with E-state index in [9.17, 15) is 9.59 Å². The average Bonchev–Trinajstić information content (AvgIpc) is 3.10. The van der Waals surface area contributed by atoms with Crippen molar-refractivity contribution in [3.05, 3.63) is 56.7 Å². The van der Waals surface area contributed by atoms with E-state index in [1.54, 1.807) is 15.9 Å². The summed E-state index contributed by atoms with van der Waals surface area (Å²) in [5.74, 6) is 0.827. The molecule has 1 amide bonds. The summed E-state index contributed by atoms with van der Waals surface area (Å²) < 4.78 is 1.71. The quantitative estimate of drug-likeness (QED) is 0.449. The molecule has 0 fully saturated rings. The van der Waals surface area contributed by atoms with Gasteiger partial charge in [-0.05, 0) is 50.2 Å². The first-order valence-electron chi connectivity index (χ1n) is 10.5. The third kappa shape index (κ3) is 4.18. The van der Waals surface area contributed by atoms with Crippen LogP contribution in [0.1, 0.15) is 49.2 Å². The largest absolute Gasteiger partial charge is 0.349 e. The molecular formula is C23H27N3O2S2. The second-order valence-electron chi connectivity index (χ2n) is 7.96. The van der Waals surface area contributed by atoms with Gasteiger partial charge >= 0.3 is 0 Å². The lowest BCUT2D eigenvalue weighted by molar-refractivity contribution is -0.119. The molecule has 0 radical (unpaired) electrons. The van der Waals surface area contributed by atoms with Crippen LogP contribution in [0.15, 0.2) is 40.3 Å². The Morgan fingerprint density at radius 3 is 2.87 bits per heavy atom. The fraction of sp³-hybridized carbons (Fsp3) is 0.435. The molecule has 3 aromatic rings. The number of nitrogens with one attached hydrogen (secondary N) is 1. The maximum atomic E-state index is 13.2. The van der Waals surface area contributed by atoms with Crippen molar-refractivity contribution in [1.29, 1.82) is 0 Å². The number of hydrogen-bond donors (Lipinski definition) is 1. The van der Waals surface area contributed by atoms with Crippen molar-refractivity contribution in [2.45, 2.75) is 57.8 Å². The predicted octanol–water partition coefficient (Wildman–Crippen LogP) is 4.57. The van der Waals surface area contributed by atoms with Crippen LogP contribution < -0.4 is 10.9 Å². The van der Waals surface area contributed by atoms with Gasteiger partial charge in [-0.2, -0.15) is 0 Å². The smallest absolute Gasteiger partial charge is 0.263 e. The van der Waals surface area contributed by atoms with Gasteiger partial charge in [0.25, 0.3) is 5.56 Å². The summed E-state index contributed by atoms with van der Waals surface area (Å²) in [4.78, 5) is 32.7. The monoisotopic (exact) mass is 441 g/mol. The normalized spacial score (nSPS) is 17.0. The third-order valence-corrected chi connectivity index (χ3v) is 7.83.